The molecular weight excluding hydrogens is 465 g/mol. The summed E-state index contributed by atoms with van der Waals surface area (Å²) < 4.78 is 63.7. The summed E-state index contributed by atoms with van der Waals surface area (Å²) in [7, 11) is -3.71. The highest BCUT2D eigenvalue weighted by atomic mass is 35.5. The molecule has 168 valence electrons. The number of amides is 2. The molecule has 0 heterocycles. The zero-order valence-electron chi connectivity index (χ0n) is 16.7. The van der Waals surface area contributed by atoms with Crippen molar-refractivity contribution < 1.29 is 26.4 Å². The Labute approximate surface area is 188 Å². The number of alkyl halides is 3. The van der Waals surface area contributed by atoms with Crippen molar-refractivity contribution >= 4 is 38.8 Å². The van der Waals surface area contributed by atoms with Gasteiger partial charge in [0.05, 0.1) is 16.2 Å². The van der Waals surface area contributed by atoms with Crippen LogP contribution in [0.2, 0.25) is 5.02 Å². The maximum absolute atomic E-state index is 12.9. The SMILES string of the molecule is Cc1ccc(NC(=O)Nc2ccc(C(F)(F)F)cc2)cc1S(=O)(=O)Cc1ccc(Cl)cc1. The van der Waals surface area contributed by atoms with Crippen LogP contribution < -0.4 is 10.6 Å². The van der Waals surface area contributed by atoms with Crippen molar-refractivity contribution in [1.29, 1.82) is 0 Å². The largest absolute Gasteiger partial charge is 0.416 e. The fourth-order valence-electron chi connectivity index (χ4n) is 2.93. The zero-order chi connectivity index (χ0) is 23.5. The van der Waals surface area contributed by atoms with Crippen LogP contribution in [0, 0.1) is 6.92 Å². The fraction of sp³-hybridized carbons (Fsp3) is 0.136. The maximum atomic E-state index is 12.9. The Morgan fingerprint density at radius 3 is 2.06 bits per heavy atom. The van der Waals surface area contributed by atoms with Gasteiger partial charge in [-0.15, -0.1) is 0 Å². The molecule has 10 heteroatoms. The van der Waals surface area contributed by atoms with Crippen LogP contribution in [0.3, 0.4) is 0 Å². The minimum absolute atomic E-state index is 0.0554. The van der Waals surface area contributed by atoms with E-state index in [1.54, 1.807) is 37.3 Å². The molecule has 0 unspecified atom stereocenters. The van der Waals surface area contributed by atoms with Crippen LogP contribution in [0.4, 0.5) is 29.3 Å². The van der Waals surface area contributed by atoms with E-state index in [0.717, 1.165) is 24.3 Å². The van der Waals surface area contributed by atoms with Gasteiger partial charge in [0.1, 0.15) is 0 Å². The Hall–Kier alpha value is -3.04. The number of carbonyl (C=O) groups is 1. The highest BCUT2D eigenvalue weighted by Gasteiger charge is 2.30. The fourth-order valence-corrected chi connectivity index (χ4v) is 4.70. The lowest BCUT2D eigenvalue weighted by Gasteiger charge is -2.12. The van der Waals surface area contributed by atoms with E-state index >= 15 is 0 Å². The lowest BCUT2D eigenvalue weighted by Crippen LogP contribution is -2.20. The molecule has 0 fully saturated rings. The first-order valence-electron chi connectivity index (χ1n) is 9.27. The lowest BCUT2D eigenvalue weighted by molar-refractivity contribution is -0.137. The second kappa shape index (κ2) is 9.22. The number of hydrogen-bond acceptors (Lipinski definition) is 3. The van der Waals surface area contributed by atoms with Crippen LogP contribution in [0.5, 0.6) is 0 Å². The van der Waals surface area contributed by atoms with Gasteiger partial charge >= 0.3 is 12.2 Å². The van der Waals surface area contributed by atoms with Gasteiger partial charge in [0.2, 0.25) is 0 Å². The van der Waals surface area contributed by atoms with Crippen LogP contribution in [-0.2, 0) is 21.8 Å². The molecule has 0 radical (unpaired) electrons. The van der Waals surface area contributed by atoms with E-state index in [-0.39, 0.29) is 22.0 Å². The number of sulfone groups is 1. The van der Waals surface area contributed by atoms with Gasteiger partial charge in [0.15, 0.2) is 9.84 Å². The van der Waals surface area contributed by atoms with Crippen LogP contribution >= 0.6 is 11.6 Å². The summed E-state index contributed by atoms with van der Waals surface area (Å²) in [6.07, 6.45) is -4.48. The summed E-state index contributed by atoms with van der Waals surface area (Å²) >= 11 is 5.83. The van der Waals surface area contributed by atoms with Gasteiger partial charge in [-0.1, -0.05) is 29.8 Å². The molecule has 2 amide bonds. The van der Waals surface area contributed by atoms with Gasteiger partial charge in [-0.25, -0.2) is 13.2 Å². The number of halogens is 4. The molecule has 3 aromatic rings. The average molecular weight is 483 g/mol. The normalized spacial score (nSPS) is 11.8. The molecule has 0 bridgehead atoms. The first kappa shape index (κ1) is 23.6. The van der Waals surface area contributed by atoms with Crippen LogP contribution in [0.15, 0.2) is 71.6 Å². The highest BCUT2D eigenvalue weighted by molar-refractivity contribution is 7.90. The molecule has 2 N–H and O–H groups in total. The van der Waals surface area contributed by atoms with Crippen molar-refractivity contribution in [1.82, 2.24) is 0 Å². The van der Waals surface area contributed by atoms with Gasteiger partial charge < -0.3 is 10.6 Å². The summed E-state index contributed by atoms with van der Waals surface area (Å²) in [6.45, 7) is 1.64. The van der Waals surface area contributed by atoms with Crippen LogP contribution in [-0.4, -0.2) is 14.4 Å². The minimum atomic E-state index is -4.48. The van der Waals surface area contributed by atoms with Crippen molar-refractivity contribution in [2.24, 2.45) is 0 Å². The zero-order valence-corrected chi connectivity index (χ0v) is 18.3. The standard InChI is InChI=1S/C22H18ClF3N2O3S/c1-14-2-9-19(12-20(14)32(30,31)13-15-3-7-17(23)8-4-15)28-21(29)27-18-10-5-16(6-11-18)22(24,25)26/h2-12H,13H2,1H3,(H2,27,28,29). The number of aryl methyl sites for hydroxylation is 1. The summed E-state index contributed by atoms with van der Waals surface area (Å²) in [4.78, 5) is 12.3. The van der Waals surface area contributed by atoms with Crippen LogP contribution in [0.1, 0.15) is 16.7 Å². The smallest absolute Gasteiger partial charge is 0.308 e. The number of rotatable bonds is 5. The van der Waals surface area contributed by atoms with Crippen molar-refractivity contribution in [2.75, 3.05) is 10.6 Å². The molecule has 0 aliphatic carbocycles. The molecule has 3 rings (SSSR count). The molecule has 0 saturated heterocycles. The Kier molecular flexibility index (Phi) is 6.80. The Balaban J connectivity index is 1.73. The molecule has 0 saturated carbocycles. The second-order valence-corrected chi connectivity index (χ2v) is 9.41. The molecule has 0 atom stereocenters. The van der Waals surface area contributed by atoms with E-state index in [9.17, 15) is 26.4 Å². The molecule has 5 nitrogen and oxygen atoms in total. The Bertz CT molecular complexity index is 1230. The Morgan fingerprint density at radius 1 is 0.906 bits per heavy atom. The molecule has 0 spiro atoms. The molecule has 0 aromatic heterocycles. The summed E-state index contributed by atoms with van der Waals surface area (Å²) in [6, 6.07) is 14.1. The monoisotopic (exact) mass is 482 g/mol. The molecular formula is C22H18ClF3N2O3S. The highest BCUT2D eigenvalue weighted by Crippen LogP contribution is 2.30. The maximum Gasteiger partial charge on any atom is 0.416 e. The van der Waals surface area contributed by atoms with E-state index in [4.69, 9.17) is 11.6 Å². The van der Waals surface area contributed by atoms with E-state index in [0.29, 0.717) is 16.1 Å². The number of anilines is 2. The number of carbonyl (C=O) groups excluding carboxylic acids is 1. The predicted molar refractivity (Wildman–Crippen MR) is 118 cm³/mol. The van der Waals surface area contributed by atoms with Crippen LogP contribution in [0.25, 0.3) is 0 Å². The van der Waals surface area contributed by atoms with E-state index < -0.39 is 27.6 Å². The first-order valence-corrected chi connectivity index (χ1v) is 11.3. The van der Waals surface area contributed by atoms with Gasteiger partial charge in [0, 0.05) is 16.4 Å². The number of nitrogens with one attached hydrogen (secondary N) is 2. The first-order chi connectivity index (χ1) is 14.9. The van der Waals surface area contributed by atoms with Gasteiger partial charge in [-0.2, -0.15) is 13.2 Å². The van der Waals surface area contributed by atoms with Crippen molar-refractivity contribution in [2.45, 2.75) is 23.7 Å². The third kappa shape index (κ3) is 6.02. The van der Waals surface area contributed by atoms with Gasteiger partial charge in [0.25, 0.3) is 0 Å². The summed E-state index contributed by atoms with van der Waals surface area (Å²) in [5.74, 6) is -0.244. The van der Waals surface area contributed by atoms with Crippen molar-refractivity contribution in [3.63, 3.8) is 0 Å². The van der Waals surface area contributed by atoms with E-state index in [1.807, 2.05) is 0 Å². The van der Waals surface area contributed by atoms with E-state index in [1.165, 1.54) is 12.1 Å². The predicted octanol–water partition coefficient (Wildman–Crippen LogP) is 6.29. The second-order valence-electron chi connectivity index (χ2n) is 7.02. The van der Waals surface area contributed by atoms with E-state index in [2.05, 4.69) is 10.6 Å². The van der Waals surface area contributed by atoms with Crippen molar-refractivity contribution in [3.05, 3.63) is 88.4 Å². The van der Waals surface area contributed by atoms with Gasteiger partial charge in [-0.05, 0) is 66.6 Å². The third-order valence-electron chi connectivity index (χ3n) is 4.52. The topological polar surface area (TPSA) is 75.3 Å². The molecule has 3 aromatic carbocycles. The van der Waals surface area contributed by atoms with Crippen molar-refractivity contribution in [3.8, 4) is 0 Å². The summed E-state index contributed by atoms with van der Waals surface area (Å²) in [5, 5.41) is 5.39. The van der Waals surface area contributed by atoms with Gasteiger partial charge in [-0.3, -0.25) is 0 Å². The molecule has 0 aliphatic rings. The number of urea groups is 1. The Morgan fingerprint density at radius 2 is 1.47 bits per heavy atom. The number of hydrogen-bond donors (Lipinski definition) is 2. The molecule has 32 heavy (non-hydrogen) atoms. The average Bonchev–Trinajstić information content (AvgIpc) is 2.70. The molecule has 0 aliphatic heterocycles. The minimum Gasteiger partial charge on any atom is -0.308 e. The summed E-state index contributed by atoms with van der Waals surface area (Å²) in [5.41, 5.74) is 0.602. The number of benzene rings is 3. The third-order valence-corrected chi connectivity index (χ3v) is 6.60. The quantitative estimate of drug-likeness (QED) is 0.449. The lowest BCUT2D eigenvalue weighted by atomic mass is 10.2.